The molecule has 0 aliphatic carbocycles. The second-order valence-corrected chi connectivity index (χ2v) is 14.6. The van der Waals surface area contributed by atoms with E-state index in [1.54, 1.807) is 4.90 Å². The van der Waals surface area contributed by atoms with Crippen molar-refractivity contribution >= 4 is 53.0 Å². The van der Waals surface area contributed by atoms with E-state index in [0.29, 0.717) is 26.0 Å². The topological polar surface area (TPSA) is 304 Å². The summed E-state index contributed by atoms with van der Waals surface area (Å²) < 4.78 is 26.0. The molecular formula is C39H70N10O14. The van der Waals surface area contributed by atoms with Gasteiger partial charge < -0.3 is 70.7 Å². The van der Waals surface area contributed by atoms with Gasteiger partial charge in [-0.25, -0.2) is 0 Å². The first-order chi connectivity index (χ1) is 30.1. The minimum absolute atomic E-state index is 0.00412. The number of carbonyl (C=O) groups is 9. The molecule has 24 heteroatoms. The van der Waals surface area contributed by atoms with E-state index in [9.17, 15) is 43.2 Å². The predicted octanol–water partition coefficient (Wildman–Crippen LogP) is -5.10. The molecule has 8 amide bonds. The second kappa shape index (κ2) is 32.8. The molecule has 360 valence electrons. The van der Waals surface area contributed by atoms with Crippen LogP contribution in [-0.4, -0.2) is 243 Å². The Balaban J connectivity index is 3.24. The van der Waals surface area contributed by atoms with E-state index in [2.05, 4.69) is 16.0 Å². The van der Waals surface area contributed by atoms with Crippen LogP contribution in [0.5, 0.6) is 0 Å². The number of nitrogens with two attached hydrogens (primary N) is 2. The average Bonchev–Trinajstić information content (AvgIpc) is 3.25. The molecule has 2 unspecified atom stereocenters. The predicted molar refractivity (Wildman–Crippen MR) is 225 cm³/mol. The third-order valence-corrected chi connectivity index (χ3v) is 9.76. The molecular weight excluding hydrogens is 832 g/mol. The summed E-state index contributed by atoms with van der Waals surface area (Å²) in [6.07, 6.45) is 0.555. The molecule has 1 saturated heterocycles. The fraction of sp³-hybridized carbons (Fsp3) is 0.769. The van der Waals surface area contributed by atoms with Crippen LogP contribution in [0.3, 0.4) is 0 Å². The highest BCUT2D eigenvalue weighted by atomic mass is 16.5. The normalized spacial score (nSPS) is 14.2. The number of hydrogen-bond donors (Lipinski definition) is 5. The molecule has 1 heterocycles. The van der Waals surface area contributed by atoms with E-state index in [4.69, 9.17) is 35.2 Å². The van der Waals surface area contributed by atoms with Crippen LogP contribution >= 0.6 is 0 Å². The Labute approximate surface area is 369 Å². The third kappa shape index (κ3) is 23.4. The molecule has 0 saturated carbocycles. The van der Waals surface area contributed by atoms with Gasteiger partial charge in [-0.1, -0.05) is 0 Å². The van der Waals surface area contributed by atoms with Gasteiger partial charge >= 0.3 is 0 Å². The Bertz CT molecular complexity index is 1470. The van der Waals surface area contributed by atoms with Crippen molar-refractivity contribution in [2.45, 2.75) is 44.7 Å². The molecule has 24 nitrogen and oxygen atoms in total. The van der Waals surface area contributed by atoms with Crippen LogP contribution in [-0.2, 0) is 66.8 Å². The number of amides is 8. The van der Waals surface area contributed by atoms with E-state index in [1.165, 1.54) is 55.0 Å². The van der Waals surface area contributed by atoms with Crippen LogP contribution in [0.2, 0.25) is 0 Å². The van der Waals surface area contributed by atoms with E-state index >= 15 is 0 Å². The zero-order valence-electron chi connectivity index (χ0n) is 37.5. The summed E-state index contributed by atoms with van der Waals surface area (Å²) in [6.45, 7) is 0.640. The smallest absolute Gasteiger partial charge is 0.242 e. The Morgan fingerprint density at radius 3 is 1.70 bits per heavy atom. The monoisotopic (exact) mass is 903 g/mol. The number of Topliss-reactive ketones (excluding diaryl/α,β-unsaturated/α-hetero) is 1. The molecule has 0 aromatic rings. The first-order valence-electron chi connectivity index (χ1n) is 20.8. The van der Waals surface area contributed by atoms with Crippen LogP contribution in [0.4, 0.5) is 0 Å². The van der Waals surface area contributed by atoms with Gasteiger partial charge in [-0.15, -0.1) is 0 Å². The van der Waals surface area contributed by atoms with Gasteiger partial charge in [-0.05, 0) is 19.3 Å². The molecule has 0 spiro atoms. The van der Waals surface area contributed by atoms with Crippen molar-refractivity contribution in [2.75, 3.05) is 153 Å². The molecule has 1 rings (SSSR count). The van der Waals surface area contributed by atoms with Crippen molar-refractivity contribution in [3.63, 3.8) is 0 Å². The maximum Gasteiger partial charge on any atom is 0.242 e. The van der Waals surface area contributed by atoms with Crippen molar-refractivity contribution in [1.82, 2.24) is 40.4 Å². The van der Waals surface area contributed by atoms with E-state index in [0.717, 1.165) is 0 Å². The number of morpholine rings is 1. The molecule has 7 N–H and O–H groups in total. The molecule has 1 aliphatic rings. The van der Waals surface area contributed by atoms with E-state index < -0.39 is 79.0 Å². The molecule has 2 atom stereocenters. The Kier molecular flexibility index (Phi) is 29.2. The zero-order valence-corrected chi connectivity index (χ0v) is 37.5. The van der Waals surface area contributed by atoms with Crippen molar-refractivity contribution in [1.29, 1.82) is 0 Å². The van der Waals surface area contributed by atoms with Gasteiger partial charge in [0, 0.05) is 87.6 Å². The SMILES string of the molecule is COCCNC(=O)CN(CCOC)C(=O)CN(CCCCNC(=O)CCC(NC(C)=O)C(N)=O)C(=O)CN(CCOC)C(=O)CN(CCOC)C(=O)CN1CCOCC1C(=O)CN. The standard InChI is InChI=1S/C39H70N10O14/c1-29(50)44-30(39(41)58)8-9-33(52)42-10-6-7-12-46(25-37(56)47(13-18-60-3)23-34(53)43-11-17-59-2)36(55)26-49(15-20-62-5)38(57)27-48(14-19-61-4)35(54)24-45-16-21-63-28-31(45)32(51)22-40/h30-31H,6-28,40H2,1-5H3,(H2,41,58)(H,42,52)(H,43,53)(H,44,50). The van der Waals surface area contributed by atoms with Crippen molar-refractivity contribution < 1.29 is 66.8 Å². The van der Waals surface area contributed by atoms with Crippen LogP contribution in [0.15, 0.2) is 0 Å². The summed E-state index contributed by atoms with van der Waals surface area (Å²) in [4.78, 5) is 123. The maximum atomic E-state index is 14.1. The third-order valence-electron chi connectivity index (χ3n) is 9.76. The van der Waals surface area contributed by atoms with Gasteiger partial charge in [0.1, 0.15) is 6.04 Å². The maximum absolute atomic E-state index is 14.1. The van der Waals surface area contributed by atoms with Crippen LogP contribution < -0.4 is 27.4 Å². The van der Waals surface area contributed by atoms with E-state index in [-0.39, 0.29) is 111 Å². The van der Waals surface area contributed by atoms with Crippen molar-refractivity contribution in [3.8, 4) is 0 Å². The molecule has 63 heavy (non-hydrogen) atoms. The van der Waals surface area contributed by atoms with Crippen LogP contribution in [0.1, 0.15) is 32.6 Å². The van der Waals surface area contributed by atoms with Crippen LogP contribution in [0, 0.1) is 0 Å². The fourth-order valence-electron chi connectivity index (χ4n) is 6.17. The van der Waals surface area contributed by atoms with Gasteiger partial charge in [0.05, 0.1) is 85.0 Å². The largest absolute Gasteiger partial charge is 0.383 e. The number of rotatable bonds is 34. The highest BCUT2D eigenvalue weighted by Crippen LogP contribution is 2.10. The second-order valence-electron chi connectivity index (χ2n) is 14.6. The molecule has 1 aliphatic heterocycles. The van der Waals surface area contributed by atoms with Crippen LogP contribution in [0.25, 0.3) is 0 Å². The summed E-state index contributed by atoms with van der Waals surface area (Å²) >= 11 is 0. The highest BCUT2D eigenvalue weighted by Gasteiger charge is 2.33. The fourth-order valence-corrected chi connectivity index (χ4v) is 6.17. The first-order valence-corrected chi connectivity index (χ1v) is 20.8. The number of methoxy groups -OCH3 is 4. The summed E-state index contributed by atoms with van der Waals surface area (Å²) in [7, 11) is 5.78. The van der Waals surface area contributed by atoms with Gasteiger partial charge in [-0.3, -0.25) is 48.1 Å². The number of nitrogens with zero attached hydrogens (tertiary/aromatic N) is 5. The molecule has 1 fully saturated rings. The van der Waals surface area contributed by atoms with Crippen molar-refractivity contribution in [2.24, 2.45) is 11.5 Å². The summed E-state index contributed by atoms with van der Waals surface area (Å²) in [5.41, 5.74) is 10.9. The van der Waals surface area contributed by atoms with E-state index in [1.807, 2.05) is 0 Å². The lowest BCUT2D eigenvalue weighted by molar-refractivity contribution is -0.148. The summed E-state index contributed by atoms with van der Waals surface area (Å²) in [6, 6.07) is -1.73. The van der Waals surface area contributed by atoms with Crippen molar-refractivity contribution in [3.05, 3.63) is 0 Å². The lowest BCUT2D eigenvalue weighted by Gasteiger charge is -2.35. The zero-order chi connectivity index (χ0) is 47.2. The first kappa shape index (κ1) is 56.2. The molecule has 0 radical (unpaired) electrons. The number of unbranched alkanes of at least 4 members (excludes halogenated alkanes) is 1. The van der Waals surface area contributed by atoms with Gasteiger partial charge in [0.2, 0.25) is 47.3 Å². The Morgan fingerprint density at radius 1 is 0.683 bits per heavy atom. The Morgan fingerprint density at radius 2 is 1.19 bits per heavy atom. The minimum atomic E-state index is -1.01. The summed E-state index contributed by atoms with van der Waals surface area (Å²) in [5.74, 6) is -4.63. The Hall–Kier alpha value is -4.85. The van der Waals surface area contributed by atoms with Gasteiger partial charge in [0.25, 0.3) is 0 Å². The highest BCUT2D eigenvalue weighted by molar-refractivity contribution is 5.92. The molecule has 0 aromatic heterocycles. The molecule has 0 bridgehead atoms. The van der Waals surface area contributed by atoms with Gasteiger partial charge in [-0.2, -0.15) is 0 Å². The number of carbonyl (C=O) groups excluding carboxylic acids is 9. The number of ketones is 1. The molecule has 0 aromatic carbocycles. The summed E-state index contributed by atoms with van der Waals surface area (Å²) in [5, 5.41) is 7.77. The number of nitrogens with one attached hydrogen (secondary N) is 3. The lowest BCUT2D eigenvalue weighted by Crippen LogP contribution is -2.56. The number of hydrogen-bond acceptors (Lipinski definition) is 16. The van der Waals surface area contributed by atoms with Gasteiger partial charge in [0.15, 0.2) is 5.78 Å². The average molecular weight is 903 g/mol. The quantitative estimate of drug-likeness (QED) is 0.0378. The minimum Gasteiger partial charge on any atom is -0.383 e. The lowest BCUT2D eigenvalue weighted by atomic mass is 10.1. The number of primary amides is 1. The number of ether oxygens (including phenoxy) is 5.